The van der Waals surface area contributed by atoms with E-state index in [9.17, 15) is 13.2 Å². The van der Waals surface area contributed by atoms with Crippen LogP contribution in [0.2, 0.25) is 0 Å². The number of sulfonamides is 1. The first kappa shape index (κ1) is 22.0. The van der Waals surface area contributed by atoms with E-state index in [1.807, 2.05) is 18.2 Å². The lowest BCUT2D eigenvalue weighted by Crippen LogP contribution is -2.40. The number of nitrogens with one attached hydrogen (secondary N) is 1. The molecule has 0 aromatic heterocycles. The van der Waals surface area contributed by atoms with Crippen LogP contribution in [0.3, 0.4) is 0 Å². The number of nitrogens with zero attached hydrogens (tertiary/aromatic N) is 2. The Kier molecular flexibility index (Phi) is 7.04. The van der Waals surface area contributed by atoms with Crippen molar-refractivity contribution in [1.82, 2.24) is 5.43 Å². The van der Waals surface area contributed by atoms with Gasteiger partial charge >= 0.3 is 0 Å². The quantitative estimate of drug-likeness (QED) is 0.432. The van der Waals surface area contributed by atoms with Crippen molar-refractivity contribution in [3.63, 3.8) is 0 Å². The second-order valence-electron chi connectivity index (χ2n) is 6.65. The van der Waals surface area contributed by atoms with Gasteiger partial charge in [-0.3, -0.25) is 9.10 Å². The van der Waals surface area contributed by atoms with Gasteiger partial charge in [-0.25, -0.2) is 13.8 Å². The van der Waals surface area contributed by atoms with E-state index in [1.54, 1.807) is 62.6 Å². The highest BCUT2D eigenvalue weighted by atomic mass is 32.2. The Labute approximate surface area is 182 Å². The summed E-state index contributed by atoms with van der Waals surface area (Å²) in [4.78, 5) is 12.7. The van der Waals surface area contributed by atoms with E-state index in [1.165, 1.54) is 18.3 Å². The third-order valence-corrected chi connectivity index (χ3v) is 6.31. The molecule has 0 radical (unpaired) electrons. The average molecular weight is 438 g/mol. The second-order valence-corrected chi connectivity index (χ2v) is 8.51. The van der Waals surface area contributed by atoms with Crippen LogP contribution in [0.5, 0.6) is 5.75 Å². The molecule has 0 unspecified atom stereocenters. The highest BCUT2D eigenvalue weighted by Gasteiger charge is 2.27. The van der Waals surface area contributed by atoms with E-state index in [4.69, 9.17) is 4.74 Å². The molecule has 0 atom stereocenters. The largest absolute Gasteiger partial charge is 0.496 e. The zero-order valence-electron chi connectivity index (χ0n) is 17.2. The molecule has 1 N–H and O–H groups in total. The van der Waals surface area contributed by atoms with E-state index < -0.39 is 22.5 Å². The van der Waals surface area contributed by atoms with Gasteiger partial charge in [0.25, 0.3) is 15.9 Å². The van der Waals surface area contributed by atoms with Gasteiger partial charge < -0.3 is 4.74 Å². The topological polar surface area (TPSA) is 88.1 Å². The summed E-state index contributed by atoms with van der Waals surface area (Å²) in [6, 6.07) is 22.2. The molecule has 160 valence electrons. The smallest absolute Gasteiger partial charge is 0.264 e. The van der Waals surface area contributed by atoms with Gasteiger partial charge in [0.15, 0.2) is 0 Å². The third kappa shape index (κ3) is 5.29. The van der Waals surface area contributed by atoms with E-state index in [0.717, 1.165) is 9.87 Å². The lowest BCUT2D eigenvalue weighted by atomic mass is 10.2. The Morgan fingerprint density at radius 3 is 2.35 bits per heavy atom. The fraction of sp³-hybridized carbons (Fsp3) is 0.130. The second kappa shape index (κ2) is 9.90. The summed E-state index contributed by atoms with van der Waals surface area (Å²) in [7, 11) is -2.42. The number of carbonyl (C=O) groups is 1. The van der Waals surface area contributed by atoms with Crippen LogP contribution < -0.4 is 14.5 Å². The minimum Gasteiger partial charge on any atom is -0.496 e. The Balaban J connectivity index is 1.85. The fourth-order valence-corrected chi connectivity index (χ4v) is 4.48. The Bertz CT molecular complexity index is 1180. The van der Waals surface area contributed by atoms with E-state index >= 15 is 0 Å². The van der Waals surface area contributed by atoms with Gasteiger partial charge in [0.2, 0.25) is 0 Å². The molecule has 0 heterocycles. The van der Waals surface area contributed by atoms with Crippen LogP contribution >= 0.6 is 0 Å². The normalized spacial score (nSPS) is 11.3. The van der Waals surface area contributed by atoms with Gasteiger partial charge in [-0.2, -0.15) is 5.10 Å². The number of rotatable bonds is 8. The fourth-order valence-electron chi connectivity index (χ4n) is 2.98. The molecular formula is C23H23N3O4S. The van der Waals surface area contributed by atoms with E-state index in [-0.39, 0.29) is 4.90 Å². The lowest BCUT2D eigenvalue weighted by Gasteiger charge is -2.25. The lowest BCUT2D eigenvalue weighted by molar-refractivity contribution is -0.119. The van der Waals surface area contributed by atoms with Crippen LogP contribution in [0, 0.1) is 6.92 Å². The number of aryl methyl sites for hydroxylation is 1. The molecule has 0 saturated carbocycles. The van der Waals surface area contributed by atoms with Crippen molar-refractivity contribution in [2.45, 2.75) is 11.8 Å². The number of benzene rings is 3. The van der Waals surface area contributed by atoms with Gasteiger partial charge in [-0.15, -0.1) is 0 Å². The highest BCUT2D eigenvalue weighted by Crippen LogP contribution is 2.26. The molecule has 0 aliphatic rings. The molecule has 7 nitrogen and oxygen atoms in total. The van der Waals surface area contributed by atoms with Crippen molar-refractivity contribution >= 4 is 27.8 Å². The Morgan fingerprint density at radius 2 is 1.65 bits per heavy atom. The molecule has 3 aromatic rings. The first-order valence-corrected chi connectivity index (χ1v) is 11.0. The average Bonchev–Trinajstić information content (AvgIpc) is 2.79. The summed E-state index contributed by atoms with van der Waals surface area (Å²) < 4.78 is 32.9. The SMILES string of the molecule is COc1ccccc1/C=N\NC(=O)CN(c1ccccc1C)S(=O)(=O)c1ccccc1. The van der Waals surface area contributed by atoms with Gasteiger partial charge in [-0.05, 0) is 42.8 Å². The van der Waals surface area contributed by atoms with Crippen molar-refractivity contribution in [1.29, 1.82) is 0 Å². The number of ether oxygens (including phenoxy) is 1. The predicted octanol–water partition coefficient (Wildman–Crippen LogP) is 3.35. The van der Waals surface area contributed by atoms with Crippen LogP contribution in [-0.2, 0) is 14.8 Å². The maximum absolute atomic E-state index is 13.3. The molecular weight excluding hydrogens is 414 g/mol. The van der Waals surface area contributed by atoms with E-state index in [2.05, 4.69) is 10.5 Å². The molecule has 0 saturated heterocycles. The number of hydrogen-bond donors (Lipinski definition) is 1. The van der Waals surface area contributed by atoms with Crippen molar-refractivity contribution in [2.75, 3.05) is 18.0 Å². The first-order chi connectivity index (χ1) is 14.9. The molecule has 8 heteroatoms. The van der Waals surface area contributed by atoms with Crippen LogP contribution in [0.1, 0.15) is 11.1 Å². The zero-order chi connectivity index (χ0) is 22.3. The molecule has 1 amide bonds. The van der Waals surface area contributed by atoms with Crippen LogP contribution in [0.25, 0.3) is 0 Å². The summed E-state index contributed by atoms with van der Waals surface area (Å²) in [6.45, 7) is 1.37. The summed E-state index contributed by atoms with van der Waals surface area (Å²) in [5.41, 5.74) is 4.23. The van der Waals surface area contributed by atoms with Crippen molar-refractivity contribution < 1.29 is 17.9 Å². The van der Waals surface area contributed by atoms with Gasteiger partial charge in [0.1, 0.15) is 12.3 Å². The van der Waals surface area contributed by atoms with Gasteiger partial charge in [-0.1, -0.05) is 48.5 Å². The van der Waals surface area contributed by atoms with Crippen molar-refractivity contribution in [2.24, 2.45) is 5.10 Å². The minimum absolute atomic E-state index is 0.101. The number of carbonyl (C=O) groups excluding carboxylic acids is 1. The predicted molar refractivity (Wildman–Crippen MR) is 121 cm³/mol. The number of methoxy groups -OCH3 is 1. The van der Waals surface area contributed by atoms with Crippen molar-refractivity contribution in [3.8, 4) is 5.75 Å². The number of amides is 1. The molecule has 0 aliphatic heterocycles. The van der Waals surface area contributed by atoms with E-state index in [0.29, 0.717) is 17.0 Å². The molecule has 3 aromatic carbocycles. The summed E-state index contributed by atoms with van der Waals surface area (Å²) in [5.74, 6) is 0.0302. The minimum atomic E-state index is -3.96. The van der Waals surface area contributed by atoms with Gasteiger partial charge in [0.05, 0.1) is 23.9 Å². The molecule has 0 spiro atoms. The van der Waals surface area contributed by atoms with Crippen LogP contribution in [0.4, 0.5) is 5.69 Å². The van der Waals surface area contributed by atoms with Crippen LogP contribution in [0.15, 0.2) is 88.9 Å². The maximum atomic E-state index is 13.3. The van der Waals surface area contributed by atoms with Gasteiger partial charge in [0, 0.05) is 5.56 Å². The summed E-state index contributed by atoms with van der Waals surface area (Å²) in [6.07, 6.45) is 1.44. The maximum Gasteiger partial charge on any atom is 0.264 e. The highest BCUT2D eigenvalue weighted by molar-refractivity contribution is 7.92. The molecule has 0 fully saturated rings. The van der Waals surface area contributed by atoms with Crippen LogP contribution in [-0.4, -0.2) is 34.2 Å². The number of hydrogen-bond acceptors (Lipinski definition) is 5. The molecule has 31 heavy (non-hydrogen) atoms. The zero-order valence-corrected chi connectivity index (χ0v) is 18.0. The number of para-hydroxylation sites is 2. The standard InChI is InChI=1S/C23H23N3O4S/c1-18-10-6-8-14-21(18)26(31(28,29)20-12-4-3-5-13-20)17-23(27)25-24-16-19-11-7-9-15-22(19)30-2/h3-16H,17H2,1-2H3,(H,25,27)/b24-16-. The molecule has 3 rings (SSSR count). The number of hydrazone groups is 1. The van der Waals surface area contributed by atoms with Crippen molar-refractivity contribution in [3.05, 3.63) is 90.0 Å². The summed E-state index contributed by atoms with van der Waals surface area (Å²) >= 11 is 0. The Morgan fingerprint density at radius 1 is 1.00 bits per heavy atom. The Hall–Kier alpha value is -3.65. The summed E-state index contributed by atoms with van der Waals surface area (Å²) in [5, 5.41) is 3.95. The molecule has 0 bridgehead atoms. The molecule has 0 aliphatic carbocycles. The first-order valence-electron chi connectivity index (χ1n) is 9.52. The monoisotopic (exact) mass is 437 g/mol. The number of anilines is 1. The third-order valence-electron chi connectivity index (χ3n) is 4.53.